The third-order valence-electron chi connectivity index (χ3n) is 3.50. The second kappa shape index (κ2) is 5.01. The van der Waals surface area contributed by atoms with Gasteiger partial charge in [0.1, 0.15) is 5.75 Å². The summed E-state index contributed by atoms with van der Waals surface area (Å²) in [5, 5.41) is 15.0. The SMILES string of the molecule is CCn1ncc2c(O)c(C(=O)c3ccc(C)cc3)cnc21. The molecule has 21 heavy (non-hydrogen) atoms. The Balaban J connectivity index is 2.10. The van der Waals surface area contributed by atoms with Crippen molar-refractivity contribution in [1.82, 2.24) is 14.8 Å². The zero-order valence-electron chi connectivity index (χ0n) is 11.9. The molecule has 2 heterocycles. The van der Waals surface area contributed by atoms with Crippen molar-refractivity contribution < 1.29 is 9.90 Å². The lowest BCUT2D eigenvalue weighted by Crippen LogP contribution is -2.04. The molecule has 2 aromatic heterocycles. The standard InChI is InChI=1S/C16H15N3O2/c1-3-19-16-13(9-18-19)15(21)12(8-17-16)14(20)11-6-4-10(2)5-7-11/h4-9H,3H2,1-2H3,(H,17,21). The van der Waals surface area contributed by atoms with Crippen molar-refractivity contribution in [2.45, 2.75) is 20.4 Å². The van der Waals surface area contributed by atoms with Gasteiger partial charge in [0.25, 0.3) is 0 Å². The van der Waals surface area contributed by atoms with Gasteiger partial charge >= 0.3 is 0 Å². The van der Waals surface area contributed by atoms with Gasteiger partial charge in [0.2, 0.25) is 0 Å². The number of aromatic nitrogens is 3. The number of nitrogens with zero attached hydrogens (tertiary/aromatic N) is 3. The molecule has 3 rings (SSSR count). The fraction of sp³-hybridized carbons (Fsp3) is 0.188. The van der Waals surface area contributed by atoms with E-state index in [4.69, 9.17) is 0 Å². The van der Waals surface area contributed by atoms with E-state index >= 15 is 0 Å². The fourth-order valence-electron chi connectivity index (χ4n) is 2.27. The Bertz CT molecular complexity index is 819. The summed E-state index contributed by atoms with van der Waals surface area (Å²) in [6, 6.07) is 7.23. The molecular weight excluding hydrogens is 266 g/mol. The predicted octanol–water partition coefficient (Wildman–Crippen LogP) is 2.70. The van der Waals surface area contributed by atoms with Crippen LogP contribution in [-0.2, 0) is 6.54 Å². The molecular formula is C16H15N3O2. The summed E-state index contributed by atoms with van der Waals surface area (Å²) in [5.41, 5.74) is 2.38. The molecule has 0 saturated heterocycles. The first kappa shape index (κ1) is 13.3. The maximum atomic E-state index is 12.5. The third kappa shape index (κ3) is 2.16. The smallest absolute Gasteiger partial charge is 0.198 e. The van der Waals surface area contributed by atoms with Gasteiger partial charge < -0.3 is 5.11 Å². The minimum Gasteiger partial charge on any atom is -0.506 e. The number of aromatic hydroxyl groups is 1. The van der Waals surface area contributed by atoms with E-state index in [2.05, 4.69) is 10.1 Å². The Morgan fingerprint density at radius 3 is 2.62 bits per heavy atom. The molecule has 0 atom stereocenters. The summed E-state index contributed by atoms with van der Waals surface area (Å²) in [5.74, 6) is -0.309. The zero-order valence-corrected chi connectivity index (χ0v) is 11.9. The molecule has 1 N–H and O–H groups in total. The summed E-state index contributed by atoms with van der Waals surface area (Å²) in [6.45, 7) is 4.55. The van der Waals surface area contributed by atoms with Crippen LogP contribution in [0.1, 0.15) is 28.4 Å². The van der Waals surface area contributed by atoms with Crippen LogP contribution in [0.15, 0.2) is 36.7 Å². The van der Waals surface area contributed by atoms with E-state index in [1.165, 1.54) is 12.4 Å². The summed E-state index contributed by atoms with van der Waals surface area (Å²) < 4.78 is 1.68. The molecule has 1 aromatic carbocycles. The Hall–Kier alpha value is -2.69. The number of carbonyl (C=O) groups is 1. The number of ketones is 1. The molecule has 0 fully saturated rings. The van der Waals surface area contributed by atoms with Crippen LogP contribution in [0.2, 0.25) is 0 Å². The summed E-state index contributed by atoms with van der Waals surface area (Å²) in [7, 11) is 0. The van der Waals surface area contributed by atoms with Crippen LogP contribution in [0.25, 0.3) is 11.0 Å². The van der Waals surface area contributed by atoms with E-state index in [1.807, 2.05) is 26.0 Å². The summed E-state index contributed by atoms with van der Waals surface area (Å²) >= 11 is 0. The molecule has 5 nitrogen and oxygen atoms in total. The average Bonchev–Trinajstić information content (AvgIpc) is 2.92. The highest BCUT2D eigenvalue weighted by Gasteiger charge is 2.18. The predicted molar refractivity (Wildman–Crippen MR) is 79.5 cm³/mol. The largest absolute Gasteiger partial charge is 0.506 e. The topological polar surface area (TPSA) is 68.0 Å². The number of hydrogen-bond donors (Lipinski definition) is 1. The van der Waals surface area contributed by atoms with Gasteiger partial charge in [0, 0.05) is 18.3 Å². The second-order valence-corrected chi connectivity index (χ2v) is 4.91. The molecule has 0 amide bonds. The Morgan fingerprint density at radius 1 is 1.24 bits per heavy atom. The fourth-order valence-corrected chi connectivity index (χ4v) is 2.27. The monoisotopic (exact) mass is 281 g/mol. The minimum absolute atomic E-state index is 0.0646. The van der Waals surface area contributed by atoms with Gasteiger partial charge in [-0.3, -0.25) is 4.79 Å². The molecule has 0 unspecified atom stereocenters. The number of aryl methyl sites for hydroxylation is 2. The van der Waals surface area contributed by atoms with Crippen molar-refractivity contribution in [3.05, 3.63) is 53.3 Å². The third-order valence-corrected chi connectivity index (χ3v) is 3.50. The van der Waals surface area contributed by atoms with Crippen LogP contribution in [-0.4, -0.2) is 25.7 Å². The number of carbonyl (C=O) groups excluding carboxylic acids is 1. The van der Waals surface area contributed by atoms with Crippen molar-refractivity contribution in [3.63, 3.8) is 0 Å². The Labute approximate surface area is 121 Å². The van der Waals surface area contributed by atoms with E-state index in [9.17, 15) is 9.90 Å². The van der Waals surface area contributed by atoms with Crippen molar-refractivity contribution in [2.24, 2.45) is 0 Å². The molecule has 0 radical (unpaired) electrons. The van der Waals surface area contributed by atoms with Crippen molar-refractivity contribution >= 4 is 16.8 Å². The molecule has 0 saturated carbocycles. The summed E-state index contributed by atoms with van der Waals surface area (Å²) in [6.07, 6.45) is 2.95. The number of hydrogen-bond acceptors (Lipinski definition) is 4. The lowest BCUT2D eigenvalue weighted by molar-refractivity contribution is 0.103. The van der Waals surface area contributed by atoms with E-state index in [0.717, 1.165) is 5.56 Å². The highest BCUT2D eigenvalue weighted by atomic mass is 16.3. The number of rotatable bonds is 3. The second-order valence-electron chi connectivity index (χ2n) is 4.91. The molecule has 0 aliphatic rings. The highest BCUT2D eigenvalue weighted by molar-refractivity contribution is 6.12. The van der Waals surface area contributed by atoms with Crippen LogP contribution in [0.3, 0.4) is 0 Å². The molecule has 0 aliphatic carbocycles. The van der Waals surface area contributed by atoms with Gasteiger partial charge in [-0.25, -0.2) is 9.67 Å². The van der Waals surface area contributed by atoms with E-state index in [0.29, 0.717) is 23.1 Å². The van der Waals surface area contributed by atoms with Crippen LogP contribution in [0.5, 0.6) is 5.75 Å². The maximum Gasteiger partial charge on any atom is 0.198 e. The van der Waals surface area contributed by atoms with E-state index < -0.39 is 0 Å². The Morgan fingerprint density at radius 2 is 1.95 bits per heavy atom. The van der Waals surface area contributed by atoms with Crippen molar-refractivity contribution in [3.8, 4) is 5.75 Å². The highest BCUT2D eigenvalue weighted by Crippen LogP contribution is 2.28. The lowest BCUT2D eigenvalue weighted by Gasteiger charge is -2.05. The Kier molecular flexibility index (Phi) is 3.17. The van der Waals surface area contributed by atoms with Gasteiger partial charge in [-0.15, -0.1) is 0 Å². The first-order valence-electron chi connectivity index (χ1n) is 6.76. The number of fused-ring (bicyclic) bond motifs is 1. The molecule has 0 aliphatic heterocycles. The molecule has 0 spiro atoms. The molecule has 3 aromatic rings. The number of pyridine rings is 1. The quantitative estimate of drug-likeness (QED) is 0.749. The zero-order chi connectivity index (χ0) is 15.0. The van der Waals surface area contributed by atoms with Gasteiger partial charge in [-0.2, -0.15) is 5.10 Å². The molecule has 5 heteroatoms. The van der Waals surface area contributed by atoms with Crippen LogP contribution in [0.4, 0.5) is 0 Å². The minimum atomic E-state index is -0.244. The van der Waals surface area contributed by atoms with E-state index in [1.54, 1.807) is 16.8 Å². The van der Waals surface area contributed by atoms with Crippen molar-refractivity contribution in [1.29, 1.82) is 0 Å². The first-order valence-corrected chi connectivity index (χ1v) is 6.76. The maximum absolute atomic E-state index is 12.5. The van der Waals surface area contributed by atoms with Crippen LogP contribution < -0.4 is 0 Å². The normalized spacial score (nSPS) is 11.0. The number of benzene rings is 1. The molecule has 0 bridgehead atoms. The van der Waals surface area contributed by atoms with E-state index in [-0.39, 0.29) is 17.1 Å². The van der Waals surface area contributed by atoms with Crippen LogP contribution in [0, 0.1) is 6.92 Å². The van der Waals surface area contributed by atoms with Gasteiger partial charge in [-0.1, -0.05) is 29.8 Å². The van der Waals surface area contributed by atoms with Crippen molar-refractivity contribution in [2.75, 3.05) is 0 Å². The van der Waals surface area contributed by atoms with Gasteiger partial charge in [0.15, 0.2) is 11.4 Å². The summed E-state index contributed by atoms with van der Waals surface area (Å²) in [4.78, 5) is 16.7. The first-order chi connectivity index (χ1) is 10.1. The van der Waals surface area contributed by atoms with Gasteiger partial charge in [-0.05, 0) is 13.8 Å². The van der Waals surface area contributed by atoms with Crippen LogP contribution >= 0.6 is 0 Å². The lowest BCUT2D eigenvalue weighted by atomic mass is 10.0. The average molecular weight is 281 g/mol. The molecule has 106 valence electrons. The van der Waals surface area contributed by atoms with Gasteiger partial charge in [0.05, 0.1) is 17.1 Å².